The van der Waals surface area contributed by atoms with Crippen LogP contribution in [0.2, 0.25) is 0 Å². The maximum Gasteiger partial charge on any atom is 0.246 e. The Morgan fingerprint density at radius 3 is 2.45 bits per heavy atom. The highest BCUT2D eigenvalue weighted by atomic mass is 19.1. The lowest BCUT2D eigenvalue weighted by molar-refractivity contribution is 0.122. The summed E-state index contributed by atoms with van der Waals surface area (Å²) in [6.07, 6.45) is 2.41. The number of hydrogen-bond acceptors (Lipinski definition) is 6. The van der Waals surface area contributed by atoms with Gasteiger partial charge in [-0.05, 0) is 42.3 Å². The van der Waals surface area contributed by atoms with Crippen molar-refractivity contribution in [3.63, 3.8) is 0 Å². The van der Waals surface area contributed by atoms with Gasteiger partial charge in [0.05, 0.1) is 25.5 Å². The van der Waals surface area contributed by atoms with Crippen LogP contribution >= 0.6 is 0 Å². The van der Waals surface area contributed by atoms with Crippen LogP contribution in [-0.4, -0.2) is 54.3 Å². The van der Waals surface area contributed by atoms with Gasteiger partial charge in [-0.1, -0.05) is 0 Å². The minimum absolute atomic E-state index is 0.268. The smallest absolute Gasteiger partial charge is 0.246 e. The zero-order valence-corrected chi connectivity index (χ0v) is 16.9. The molecule has 2 fully saturated rings. The quantitative estimate of drug-likeness (QED) is 0.671. The Kier molecular flexibility index (Phi) is 5.52. The molecule has 0 spiro atoms. The van der Waals surface area contributed by atoms with Gasteiger partial charge in [-0.25, -0.2) is 13.5 Å². The lowest BCUT2D eigenvalue weighted by Gasteiger charge is -2.30. The van der Waals surface area contributed by atoms with E-state index in [0.29, 0.717) is 31.7 Å². The van der Waals surface area contributed by atoms with Crippen molar-refractivity contribution in [2.75, 3.05) is 49.7 Å². The van der Waals surface area contributed by atoms with E-state index in [2.05, 4.69) is 38.5 Å². The van der Waals surface area contributed by atoms with Crippen LogP contribution in [0.15, 0.2) is 42.7 Å². The van der Waals surface area contributed by atoms with Gasteiger partial charge in [0.2, 0.25) is 5.95 Å². The number of aromatic nitrogens is 3. The molecule has 0 radical (unpaired) electrons. The van der Waals surface area contributed by atoms with E-state index in [1.807, 2.05) is 0 Å². The second-order valence-corrected chi connectivity index (χ2v) is 7.74. The zero-order valence-electron chi connectivity index (χ0n) is 16.9. The molecule has 9 heteroatoms. The molecule has 1 aromatic heterocycles. The van der Waals surface area contributed by atoms with Gasteiger partial charge < -0.3 is 19.7 Å². The summed E-state index contributed by atoms with van der Waals surface area (Å²) in [5, 5.41) is 7.57. The molecule has 0 bridgehead atoms. The molecule has 7 nitrogen and oxygen atoms in total. The second kappa shape index (κ2) is 8.60. The number of morpholine rings is 1. The number of nitrogens with zero attached hydrogens (tertiary/aromatic N) is 4. The Morgan fingerprint density at radius 2 is 1.71 bits per heavy atom. The van der Waals surface area contributed by atoms with E-state index in [4.69, 9.17) is 9.47 Å². The van der Waals surface area contributed by atoms with E-state index >= 15 is 0 Å². The fourth-order valence-electron chi connectivity index (χ4n) is 3.99. The average Bonchev–Trinajstić information content (AvgIpc) is 3.46. The van der Waals surface area contributed by atoms with Crippen molar-refractivity contribution >= 4 is 17.3 Å². The van der Waals surface area contributed by atoms with Gasteiger partial charge in [0, 0.05) is 43.1 Å². The normalized spacial score (nSPS) is 19.0. The standard InChI is InChI=1S/C22H23F2N5O2/c23-17-9-18(24)11-21(10-17)29-14-25-22(27-29)26-19-7-16(15-1-4-31-13-15)8-20(12-19)28-2-5-30-6-3-28/h7-12,14-15H,1-6,13H2,(H,26,27). The van der Waals surface area contributed by atoms with Gasteiger partial charge in [-0.3, -0.25) is 0 Å². The Balaban J connectivity index is 1.42. The Morgan fingerprint density at radius 1 is 0.903 bits per heavy atom. The van der Waals surface area contributed by atoms with E-state index in [-0.39, 0.29) is 5.69 Å². The number of anilines is 3. The summed E-state index contributed by atoms with van der Waals surface area (Å²) in [5.41, 5.74) is 3.44. The Bertz CT molecular complexity index is 1040. The van der Waals surface area contributed by atoms with Crippen LogP contribution in [-0.2, 0) is 9.47 Å². The number of rotatable bonds is 5. The van der Waals surface area contributed by atoms with Gasteiger partial charge in [-0.2, -0.15) is 4.98 Å². The van der Waals surface area contributed by atoms with Crippen LogP contribution in [0.3, 0.4) is 0 Å². The zero-order chi connectivity index (χ0) is 21.2. The highest BCUT2D eigenvalue weighted by Gasteiger charge is 2.21. The summed E-state index contributed by atoms with van der Waals surface area (Å²) in [7, 11) is 0. The molecule has 2 aliphatic heterocycles. The molecule has 1 unspecified atom stereocenters. The average molecular weight is 427 g/mol. The molecule has 2 aromatic carbocycles. The third-order valence-electron chi connectivity index (χ3n) is 5.58. The molecule has 31 heavy (non-hydrogen) atoms. The second-order valence-electron chi connectivity index (χ2n) is 7.74. The van der Waals surface area contributed by atoms with Gasteiger partial charge in [-0.15, -0.1) is 5.10 Å². The van der Waals surface area contributed by atoms with Crippen molar-refractivity contribution in [3.05, 3.63) is 59.9 Å². The van der Waals surface area contributed by atoms with E-state index < -0.39 is 11.6 Å². The predicted octanol–water partition coefficient (Wildman–Crippen LogP) is 3.63. The minimum Gasteiger partial charge on any atom is -0.381 e. The molecule has 162 valence electrons. The molecular weight excluding hydrogens is 404 g/mol. The van der Waals surface area contributed by atoms with Crippen LogP contribution < -0.4 is 10.2 Å². The Labute approximate surface area is 178 Å². The summed E-state index contributed by atoms with van der Waals surface area (Å²) < 4.78 is 39.5. The molecule has 1 N–H and O–H groups in total. The minimum atomic E-state index is -0.665. The number of benzene rings is 2. The summed E-state index contributed by atoms with van der Waals surface area (Å²) in [6.45, 7) is 4.56. The number of hydrogen-bond donors (Lipinski definition) is 1. The van der Waals surface area contributed by atoms with Crippen molar-refractivity contribution in [2.45, 2.75) is 12.3 Å². The first kappa shape index (κ1) is 19.9. The molecular formula is C22H23F2N5O2. The van der Waals surface area contributed by atoms with Crippen molar-refractivity contribution in [1.29, 1.82) is 0 Å². The monoisotopic (exact) mass is 427 g/mol. The molecule has 3 heterocycles. The molecule has 1 atom stereocenters. The third-order valence-corrected chi connectivity index (χ3v) is 5.58. The van der Waals surface area contributed by atoms with Crippen LogP contribution in [0.4, 0.5) is 26.1 Å². The highest BCUT2D eigenvalue weighted by molar-refractivity contribution is 5.64. The van der Waals surface area contributed by atoms with Gasteiger partial charge in [0.25, 0.3) is 0 Å². The fraction of sp³-hybridized carbons (Fsp3) is 0.364. The largest absolute Gasteiger partial charge is 0.381 e. The summed E-state index contributed by atoms with van der Waals surface area (Å²) in [5.74, 6) is -0.636. The molecule has 3 aromatic rings. The predicted molar refractivity (Wildman–Crippen MR) is 112 cm³/mol. The van der Waals surface area contributed by atoms with Crippen molar-refractivity contribution in [3.8, 4) is 5.69 Å². The Hall–Kier alpha value is -3.04. The van der Waals surface area contributed by atoms with E-state index in [9.17, 15) is 8.78 Å². The van der Waals surface area contributed by atoms with Gasteiger partial charge in [0.1, 0.15) is 18.0 Å². The maximum atomic E-state index is 13.5. The summed E-state index contributed by atoms with van der Waals surface area (Å²) in [6, 6.07) is 9.61. The van der Waals surface area contributed by atoms with Gasteiger partial charge >= 0.3 is 0 Å². The molecule has 0 amide bonds. The number of ether oxygens (including phenoxy) is 2. The molecule has 5 rings (SSSR count). The first-order valence-corrected chi connectivity index (χ1v) is 10.3. The molecule has 2 aliphatic rings. The lowest BCUT2D eigenvalue weighted by atomic mass is 9.97. The van der Waals surface area contributed by atoms with E-state index in [1.165, 1.54) is 28.7 Å². The number of halogens is 2. The van der Waals surface area contributed by atoms with Crippen LogP contribution in [0.5, 0.6) is 0 Å². The topological polar surface area (TPSA) is 64.4 Å². The highest BCUT2D eigenvalue weighted by Crippen LogP contribution is 2.32. The van der Waals surface area contributed by atoms with Gasteiger partial charge in [0.15, 0.2) is 0 Å². The molecule has 0 saturated carbocycles. The SMILES string of the molecule is Fc1cc(F)cc(-n2cnc(Nc3cc(C4CCOC4)cc(N4CCOCC4)c3)n2)c1. The summed E-state index contributed by atoms with van der Waals surface area (Å²) in [4.78, 5) is 6.56. The third kappa shape index (κ3) is 4.52. The molecule has 0 aliphatic carbocycles. The number of nitrogens with one attached hydrogen (secondary N) is 1. The van der Waals surface area contributed by atoms with E-state index in [1.54, 1.807) is 0 Å². The fourth-order valence-corrected chi connectivity index (χ4v) is 3.99. The first-order valence-electron chi connectivity index (χ1n) is 10.3. The van der Waals surface area contributed by atoms with Crippen molar-refractivity contribution in [1.82, 2.24) is 14.8 Å². The molecule has 2 saturated heterocycles. The van der Waals surface area contributed by atoms with Crippen LogP contribution in [0.25, 0.3) is 5.69 Å². The van der Waals surface area contributed by atoms with Crippen molar-refractivity contribution < 1.29 is 18.3 Å². The van der Waals surface area contributed by atoms with Crippen LogP contribution in [0, 0.1) is 11.6 Å². The van der Waals surface area contributed by atoms with Crippen molar-refractivity contribution in [2.24, 2.45) is 0 Å². The van der Waals surface area contributed by atoms with E-state index in [0.717, 1.165) is 43.6 Å². The van der Waals surface area contributed by atoms with Crippen LogP contribution in [0.1, 0.15) is 17.9 Å². The lowest BCUT2D eigenvalue weighted by Crippen LogP contribution is -2.36. The summed E-state index contributed by atoms with van der Waals surface area (Å²) >= 11 is 0. The maximum absolute atomic E-state index is 13.5. The first-order chi connectivity index (χ1) is 15.1.